The summed E-state index contributed by atoms with van der Waals surface area (Å²) < 4.78 is 4.94. The minimum absolute atomic E-state index is 0.462. The maximum absolute atomic E-state index is 11.4. The zero-order valence-corrected chi connectivity index (χ0v) is 9.87. The van der Waals surface area contributed by atoms with Crippen LogP contribution in [0.1, 0.15) is 33.6 Å². The van der Waals surface area contributed by atoms with E-state index in [4.69, 9.17) is 16.2 Å². The van der Waals surface area contributed by atoms with Crippen molar-refractivity contribution in [3.05, 3.63) is 0 Å². The second-order valence-corrected chi connectivity index (χ2v) is 5.30. The number of ether oxygens (including phenoxy) is 1. The molecule has 0 saturated heterocycles. The molecule has 0 radical (unpaired) electrons. The van der Waals surface area contributed by atoms with Crippen molar-refractivity contribution in [1.82, 2.24) is 5.32 Å². The number of carbonyl (C=O) groups excluding carboxylic acids is 2. The first-order valence-electron chi connectivity index (χ1n) is 5.22. The Morgan fingerprint density at radius 1 is 1.38 bits per heavy atom. The predicted molar refractivity (Wildman–Crippen MR) is 58.2 cm³/mol. The van der Waals surface area contributed by atoms with Gasteiger partial charge in [0.2, 0.25) is 5.91 Å². The molecule has 0 aliphatic heterocycles. The fourth-order valence-electron chi connectivity index (χ4n) is 1.27. The van der Waals surface area contributed by atoms with Gasteiger partial charge in [0.1, 0.15) is 6.04 Å². The molecule has 1 aliphatic carbocycles. The fraction of sp³-hybridized carbons (Fsp3) is 0.800. The van der Waals surface area contributed by atoms with E-state index in [0.717, 1.165) is 0 Å². The van der Waals surface area contributed by atoms with Crippen LogP contribution in [0.2, 0.25) is 0 Å². The van der Waals surface area contributed by atoms with Gasteiger partial charge in [0.15, 0.2) is 5.72 Å². The average Bonchev–Trinajstić information content (AvgIpc) is 2.76. The van der Waals surface area contributed by atoms with Gasteiger partial charge < -0.3 is 15.8 Å². The van der Waals surface area contributed by atoms with Gasteiger partial charge in [0, 0.05) is 12.8 Å². The summed E-state index contributed by atoms with van der Waals surface area (Å²) in [6.45, 7) is 5.41. The Kier molecular flexibility index (Phi) is 3.14. The lowest BCUT2D eigenvalue weighted by Gasteiger charge is -2.28. The molecule has 1 saturated carbocycles. The molecular weight excluding hydrogens is 210 g/mol. The van der Waals surface area contributed by atoms with Gasteiger partial charge in [0.25, 0.3) is 0 Å². The second kappa shape index (κ2) is 3.93. The highest BCUT2D eigenvalue weighted by Gasteiger charge is 2.43. The molecule has 1 aliphatic rings. The van der Waals surface area contributed by atoms with E-state index in [9.17, 15) is 9.59 Å². The van der Waals surface area contributed by atoms with Crippen LogP contribution in [0.25, 0.3) is 0 Å². The van der Waals surface area contributed by atoms with Gasteiger partial charge in [-0.25, -0.2) is 4.79 Å². The van der Waals surface area contributed by atoms with Crippen LogP contribution in [0, 0.1) is 5.41 Å². The van der Waals surface area contributed by atoms with E-state index in [1.165, 1.54) is 0 Å². The van der Waals surface area contributed by atoms with Gasteiger partial charge in [-0.15, -0.1) is 0 Å². The first-order chi connectivity index (χ1) is 7.14. The molecule has 1 rings (SSSR count). The summed E-state index contributed by atoms with van der Waals surface area (Å²) in [7, 11) is 0. The molecule has 0 bridgehead atoms. The molecule has 92 valence electrons. The molecule has 0 aromatic heterocycles. The summed E-state index contributed by atoms with van der Waals surface area (Å²) >= 11 is 0. The number of rotatable bonds is 3. The van der Waals surface area contributed by atoms with Crippen molar-refractivity contribution in [2.75, 3.05) is 0 Å². The SMILES string of the molecule is CC(C)(C)[C@H](NC(=O)OC1(N)CC1)C(N)=O. The van der Waals surface area contributed by atoms with Crippen LogP contribution in [-0.2, 0) is 9.53 Å². The smallest absolute Gasteiger partial charge is 0.409 e. The van der Waals surface area contributed by atoms with E-state index < -0.39 is 29.2 Å². The largest absolute Gasteiger partial charge is 0.428 e. The normalized spacial score (nSPS) is 19.8. The Morgan fingerprint density at radius 3 is 2.19 bits per heavy atom. The Labute approximate surface area is 94.7 Å². The van der Waals surface area contributed by atoms with Gasteiger partial charge in [-0.05, 0) is 5.41 Å². The van der Waals surface area contributed by atoms with Gasteiger partial charge in [-0.3, -0.25) is 10.5 Å². The third-order valence-corrected chi connectivity index (χ3v) is 2.45. The molecule has 6 heteroatoms. The van der Waals surface area contributed by atoms with Crippen molar-refractivity contribution in [2.45, 2.75) is 45.4 Å². The fourth-order valence-corrected chi connectivity index (χ4v) is 1.27. The zero-order valence-electron chi connectivity index (χ0n) is 9.87. The zero-order chi connectivity index (χ0) is 12.6. The maximum atomic E-state index is 11.4. The molecule has 1 fully saturated rings. The molecule has 6 nitrogen and oxygen atoms in total. The lowest BCUT2D eigenvalue weighted by molar-refractivity contribution is -0.122. The Balaban J connectivity index is 2.55. The molecule has 2 amide bonds. The van der Waals surface area contributed by atoms with Crippen molar-refractivity contribution in [3.63, 3.8) is 0 Å². The van der Waals surface area contributed by atoms with Crippen molar-refractivity contribution < 1.29 is 14.3 Å². The monoisotopic (exact) mass is 229 g/mol. The first-order valence-corrected chi connectivity index (χ1v) is 5.22. The van der Waals surface area contributed by atoms with Crippen molar-refractivity contribution in [1.29, 1.82) is 0 Å². The third-order valence-electron chi connectivity index (χ3n) is 2.45. The number of alkyl carbamates (subject to hydrolysis) is 1. The number of nitrogens with one attached hydrogen (secondary N) is 1. The van der Waals surface area contributed by atoms with E-state index in [0.29, 0.717) is 12.8 Å². The number of amides is 2. The highest BCUT2D eigenvalue weighted by atomic mass is 16.6. The van der Waals surface area contributed by atoms with Crippen LogP contribution in [0.4, 0.5) is 4.79 Å². The van der Waals surface area contributed by atoms with Crippen molar-refractivity contribution >= 4 is 12.0 Å². The van der Waals surface area contributed by atoms with Crippen LogP contribution in [0.15, 0.2) is 0 Å². The van der Waals surface area contributed by atoms with Crippen LogP contribution in [-0.4, -0.2) is 23.8 Å². The second-order valence-electron chi connectivity index (χ2n) is 5.30. The Bertz CT molecular complexity index is 305. The van der Waals surface area contributed by atoms with Crippen molar-refractivity contribution in [2.24, 2.45) is 16.9 Å². The summed E-state index contributed by atoms with van der Waals surface area (Å²) in [6, 6.07) is -0.776. The maximum Gasteiger partial charge on any atom is 0.409 e. The van der Waals surface area contributed by atoms with E-state index in [1.54, 1.807) is 20.8 Å². The summed E-state index contributed by atoms with van der Waals surface area (Å²) in [5.41, 5.74) is 9.51. The van der Waals surface area contributed by atoms with Gasteiger partial charge in [0.05, 0.1) is 0 Å². The lowest BCUT2D eigenvalue weighted by Crippen LogP contribution is -2.53. The summed E-state index contributed by atoms with van der Waals surface area (Å²) in [4.78, 5) is 22.6. The van der Waals surface area contributed by atoms with Crippen LogP contribution in [0.3, 0.4) is 0 Å². The molecular formula is C10H19N3O3. The van der Waals surface area contributed by atoms with Crippen LogP contribution in [0.5, 0.6) is 0 Å². The highest BCUT2D eigenvalue weighted by molar-refractivity contribution is 5.85. The van der Waals surface area contributed by atoms with E-state index >= 15 is 0 Å². The number of carbonyl (C=O) groups is 2. The number of hydrogen-bond donors (Lipinski definition) is 3. The molecule has 0 aromatic rings. The average molecular weight is 229 g/mol. The van der Waals surface area contributed by atoms with Gasteiger partial charge >= 0.3 is 6.09 Å². The predicted octanol–water partition coefficient (Wildman–Crippen LogP) is 0.0614. The number of primary amides is 1. The molecule has 1 atom stereocenters. The van der Waals surface area contributed by atoms with Crippen LogP contribution >= 0.6 is 0 Å². The minimum atomic E-state index is -0.843. The Hall–Kier alpha value is -1.30. The topological polar surface area (TPSA) is 107 Å². The first kappa shape index (κ1) is 12.8. The molecule has 0 heterocycles. The third kappa shape index (κ3) is 3.37. The van der Waals surface area contributed by atoms with Gasteiger partial charge in [-0.1, -0.05) is 20.8 Å². The number of hydrogen-bond acceptors (Lipinski definition) is 4. The molecule has 0 unspecified atom stereocenters. The molecule has 0 spiro atoms. The minimum Gasteiger partial charge on any atom is -0.428 e. The van der Waals surface area contributed by atoms with E-state index in [2.05, 4.69) is 5.32 Å². The van der Waals surface area contributed by atoms with E-state index in [-0.39, 0.29) is 0 Å². The van der Waals surface area contributed by atoms with E-state index in [1.807, 2.05) is 0 Å². The molecule has 16 heavy (non-hydrogen) atoms. The molecule has 5 N–H and O–H groups in total. The Morgan fingerprint density at radius 2 is 1.88 bits per heavy atom. The summed E-state index contributed by atoms with van der Waals surface area (Å²) in [5, 5.41) is 2.44. The lowest BCUT2D eigenvalue weighted by atomic mass is 9.86. The van der Waals surface area contributed by atoms with Crippen LogP contribution < -0.4 is 16.8 Å². The number of nitrogens with two attached hydrogens (primary N) is 2. The highest BCUT2D eigenvalue weighted by Crippen LogP contribution is 2.33. The quantitative estimate of drug-likeness (QED) is 0.595. The summed E-state index contributed by atoms with van der Waals surface area (Å²) in [6.07, 6.45) is 0.604. The van der Waals surface area contributed by atoms with Crippen molar-refractivity contribution in [3.8, 4) is 0 Å². The summed E-state index contributed by atoms with van der Waals surface area (Å²) in [5.74, 6) is -0.591. The molecule has 0 aromatic carbocycles. The van der Waals surface area contributed by atoms with Gasteiger partial charge in [-0.2, -0.15) is 0 Å². The standard InChI is InChI=1S/C10H19N3O3/c1-9(2,3)6(7(11)14)13-8(15)16-10(12)4-5-10/h6H,4-5,12H2,1-3H3,(H2,11,14)(H,13,15)/t6-/m1/s1.